The van der Waals surface area contributed by atoms with E-state index in [0.717, 1.165) is 39.1 Å². The maximum absolute atomic E-state index is 14.0. The zero-order valence-electron chi connectivity index (χ0n) is 16.8. The van der Waals surface area contributed by atoms with Gasteiger partial charge in [0.05, 0.1) is 18.4 Å². The molecule has 2 amide bonds. The number of benzene rings is 1. The monoisotopic (exact) mass is 397 g/mol. The maximum atomic E-state index is 14.0. The number of rotatable bonds is 7. The van der Waals surface area contributed by atoms with Gasteiger partial charge >= 0.3 is 12.0 Å². The molecule has 1 fully saturated rings. The van der Waals surface area contributed by atoms with Gasteiger partial charge in [0.15, 0.2) is 0 Å². The summed E-state index contributed by atoms with van der Waals surface area (Å²) in [6.45, 7) is 5.40. The number of hydrogen-bond acceptors (Lipinski definition) is 4. The van der Waals surface area contributed by atoms with Crippen LogP contribution < -0.4 is 5.32 Å². The summed E-state index contributed by atoms with van der Waals surface area (Å²) in [5, 5.41) is 2.44. The SMILES string of the molecule is CCCCN(C)CC1CCN(C(=O)Nc2cc(C(=O)OC)c(F)cc2F)CC1. The van der Waals surface area contributed by atoms with E-state index in [4.69, 9.17) is 0 Å². The fourth-order valence-electron chi connectivity index (χ4n) is 3.38. The number of unbranched alkanes of at least 4 members (excludes halogenated alkanes) is 1. The number of nitrogens with one attached hydrogen (secondary N) is 1. The van der Waals surface area contributed by atoms with Gasteiger partial charge in [0.2, 0.25) is 0 Å². The number of carbonyl (C=O) groups is 2. The number of anilines is 1. The van der Waals surface area contributed by atoms with Crippen LogP contribution in [0.4, 0.5) is 19.3 Å². The van der Waals surface area contributed by atoms with Crippen molar-refractivity contribution in [2.24, 2.45) is 5.92 Å². The lowest BCUT2D eigenvalue weighted by molar-refractivity contribution is 0.0595. The zero-order valence-corrected chi connectivity index (χ0v) is 16.8. The number of carbonyl (C=O) groups excluding carboxylic acids is 2. The van der Waals surface area contributed by atoms with Gasteiger partial charge in [-0.1, -0.05) is 13.3 Å². The van der Waals surface area contributed by atoms with Crippen molar-refractivity contribution in [3.8, 4) is 0 Å². The van der Waals surface area contributed by atoms with Crippen molar-refractivity contribution in [3.63, 3.8) is 0 Å². The minimum atomic E-state index is -1.03. The summed E-state index contributed by atoms with van der Waals surface area (Å²) in [4.78, 5) is 28.0. The summed E-state index contributed by atoms with van der Waals surface area (Å²) >= 11 is 0. The van der Waals surface area contributed by atoms with Crippen molar-refractivity contribution < 1.29 is 23.1 Å². The van der Waals surface area contributed by atoms with Gasteiger partial charge in [0.1, 0.15) is 11.6 Å². The van der Waals surface area contributed by atoms with E-state index < -0.39 is 29.2 Å². The summed E-state index contributed by atoms with van der Waals surface area (Å²) in [5.41, 5.74) is -0.666. The highest BCUT2D eigenvalue weighted by molar-refractivity contribution is 5.94. The first-order valence-electron chi connectivity index (χ1n) is 9.67. The lowest BCUT2D eigenvalue weighted by atomic mass is 9.96. The molecule has 1 heterocycles. The predicted molar refractivity (Wildman–Crippen MR) is 103 cm³/mol. The first-order valence-corrected chi connectivity index (χ1v) is 9.67. The van der Waals surface area contributed by atoms with Crippen LogP contribution in [0, 0.1) is 17.6 Å². The molecule has 0 aliphatic carbocycles. The van der Waals surface area contributed by atoms with Crippen LogP contribution >= 0.6 is 0 Å². The fourth-order valence-corrected chi connectivity index (χ4v) is 3.38. The van der Waals surface area contributed by atoms with E-state index in [1.54, 1.807) is 4.90 Å². The van der Waals surface area contributed by atoms with Crippen LogP contribution in [0.3, 0.4) is 0 Å². The van der Waals surface area contributed by atoms with Crippen LogP contribution in [0.25, 0.3) is 0 Å². The van der Waals surface area contributed by atoms with Crippen molar-refractivity contribution >= 4 is 17.7 Å². The summed E-state index contributed by atoms with van der Waals surface area (Å²) in [6, 6.07) is 1.07. The Labute approximate surface area is 164 Å². The van der Waals surface area contributed by atoms with Crippen molar-refractivity contribution in [2.45, 2.75) is 32.6 Å². The lowest BCUT2D eigenvalue weighted by Gasteiger charge is -2.34. The second kappa shape index (κ2) is 10.4. The van der Waals surface area contributed by atoms with Gasteiger partial charge in [0.25, 0.3) is 0 Å². The smallest absolute Gasteiger partial charge is 0.340 e. The highest BCUT2D eigenvalue weighted by Gasteiger charge is 2.25. The second-order valence-corrected chi connectivity index (χ2v) is 7.28. The number of piperidine rings is 1. The zero-order chi connectivity index (χ0) is 20.7. The summed E-state index contributed by atoms with van der Waals surface area (Å²) in [6.07, 6.45) is 4.10. The Bertz CT molecular complexity index is 692. The van der Waals surface area contributed by atoms with Crippen LogP contribution in [0.15, 0.2) is 12.1 Å². The van der Waals surface area contributed by atoms with Crippen LogP contribution in [0.5, 0.6) is 0 Å². The first-order chi connectivity index (χ1) is 13.3. The number of ether oxygens (including phenoxy) is 1. The molecule has 0 radical (unpaired) electrons. The van der Waals surface area contributed by atoms with E-state index in [0.29, 0.717) is 25.1 Å². The van der Waals surface area contributed by atoms with Crippen LogP contribution in [-0.2, 0) is 4.74 Å². The number of halogens is 2. The number of likely N-dealkylation sites (tertiary alicyclic amines) is 1. The Hall–Kier alpha value is -2.22. The molecular weight excluding hydrogens is 368 g/mol. The Kier molecular flexibility index (Phi) is 8.17. The number of esters is 1. The Balaban J connectivity index is 1.92. The van der Waals surface area contributed by atoms with Crippen LogP contribution in [-0.4, -0.2) is 62.1 Å². The molecule has 0 spiro atoms. The molecule has 0 bridgehead atoms. The molecule has 156 valence electrons. The summed E-state index contributed by atoms with van der Waals surface area (Å²) in [5.74, 6) is -2.37. The number of nitrogens with zero attached hydrogens (tertiary/aromatic N) is 2. The van der Waals surface area contributed by atoms with Crippen LogP contribution in [0.2, 0.25) is 0 Å². The molecule has 28 heavy (non-hydrogen) atoms. The van der Waals surface area contributed by atoms with Crippen molar-refractivity contribution in [3.05, 3.63) is 29.3 Å². The van der Waals surface area contributed by atoms with Gasteiger partial charge in [-0.05, 0) is 44.8 Å². The van der Waals surface area contributed by atoms with Gasteiger partial charge in [-0.15, -0.1) is 0 Å². The van der Waals surface area contributed by atoms with E-state index >= 15 is 0 Å². The quantitative estimate of drug-likeness (QED) is 0.713. The fraction of sp³-hybridized carbons (Fsp3) is 0.600. The average molecular weight is 397 g/mol. The molecular formula is C20H29F2N3O3. The van der Waals surface area contributed by atoms with Crippen LogP contribution in [0.1, 0.15) is 43.0 Å². The molecule has 6 nitrogen and oxygen atoms in total. The maximum Gasteiger partial charge on any atom is 0.340 e. The Morgan fingerprint density at radius 3 is 2.54 bits per heavy atom. The highest BCUT2D eigenvalue weighted by Crippen LogP contribution is 2.23. The number of urea groups is 1. The summed E-state index contributed by atoms with van der Waals surface area (Å²) in [7, 11) is 3.22. The number of amides is 2. The summed E-state index contributed by atoms with van der Waals surface area (Å²) < 4.78 is 32.2. The first kappa shape index (κ1) is 22.1. The minimum Gasteiger partial charge on any atom is -0.465 e. The minimum absolute atomic E-state index is 0.242. The third-order valence-corrected chi connectivity index (χ3v) is 5.07. The van der Waals surface area contributed by atoms with Crippen molar-refractivity contribution in [2.75, 3.05) is 45.7 Å². The van der Waals surface area contributed by atoms with E-state index in [1.165, 1.54) is 12.8 Å². The molecule has 8 heteroatoms. The van der Waals surface area contributed by atoms with E-state index in [2.05, 4.69) is 28.9 Å². The van der Waals surface area contributed by atoms with Gasteiger partial charge in [-0.25, -0.2) is 18.4 Å². The van der Waals surface area contributed by atoms with E-state index in [1.807, 2.05) is 0 Å². The molecule has 1 aromatic rings. The van der Waals surface area contributed by atoms with E-state index in [-0.39, 0.29) is 5.69 Å². The lowest BCUT2D eigenvalue weighted by Crippen LogP contribution is -2.43. The van der Waals surface area contributed by atoms with Gasteiger partial charge in [-0.3, -0.25) is 0 Å². The molecule has 1 saturated heterocycles. The molecule has 1 N–H and O–H groups in total. The predicted octanol–water partition coefficient (Wildman–Crippen LogP) is 3.73. The largest absolute Gasteiger partial charge is 0.465 e. The molecule has 0 unspecified atom stereocenters. The molecule has 1 aromatic carbocycles. The van der Waals surface area contributed by atoms with Gasteiger partial charge < -0.3 is 19.9 Å². The number of hydrogen-bond donors (Lipinski definition) is 1. The number of methoxy groups -OCH3 is 1. The standard InChI is InChI=1S/C20H29F2N3O3/c1-4-5-8-24(2)13-14-6-9-25(10-7-14)20(27)23-18-11-15(19(26)28-3)16(21)12-17(18)22/h11-12,14H,4-10,13H2,1-3H3,(H,23,27). The third kappa shape index (κ3) is 5.89. The van der Waals surface area contributed by atoms with Crippen molar-refractivity contribution in [1.29, 1.82) is 0 Å². The highest BCUT2D eigenvalue weighted by atomic mass is 19.1. The molecule has 2 rings (SSSR count). The Morgan fingerprint density at radius 2 is 1.93 bits per heavy atom. The molecule has 0 atom stereocenters. The molecule has 1 aliphatic heterocycles. The van der Waals surface area contributed by atoms with Gasteiger partial charge in [0, 0.05) is 25.7 Å². The molecule has 0 aromatic heterocycles. The second-order valence-electron chi connectivity index (χ2n) is 7.28. The third-order valence-electron chi connectivity index (χ3n) is 5.07. The van der Waals surface area contributed by atoms with E-state index in [9.17, 15) is 18.4 Å². The average Bonchev–Trinajstić information content (AvgIpc) is 2.68. The van der Waals surface area contributed by atoms with Crippen molar-refractivity contribution in [1.82, 2.24) is 9.80 Å². The molecule has 1 aliphatic rings. The molecule has 0 saturated carbocycles. The topological polar surface area (TPSA) is 61.9 Å². The Morgan fingerprint density at radius 1 is 1.25 bits per heavy atom. The van der Waals surface area contributed by atoms with Gasteiger partial charge in [-0.2, -0.15) is 0 Å². The normalized spacial score (nSPS) is 15.0.